The molecule has 2 nitrogen and oxygen atoms in total. The first kappa shape index (κ1) is 9.80. The molecule has 1 unspecified atom stereocenters. The molecule has 5 heteroatoms. The van der Waals surface area contributed by atoms with Crippen LogP contribution < -0.4 is 11.1 Å². The van der Waals surface area contributed by atoms with Crippen molar-refractivity contribution in [2.45, 2.75) is 44.1 Å². The van der Waals surface area contributed by atoms with Crippen molar-refractivity contribution in [3.05, 3.63) is 0 Å². The standard InChI is InChI=1S/C7H13F3N2/c1-4(7(8,9)10)12-6-2-5(11)3-6/h4-6,12H,2-3,11H2,1H3. The Kier molecular flexibility index (Phi) is 2.63. The van der Waals surface area contributed by atoms with Gasteiger partial charge in [-0.2, -0.15) is 13.2 Å². The van der Waals surface area contributed by atoms with Gasteiger partial charge in [-0.3, -0.25) is 0 Å². The number of nitrogens with two attached hydrogens (primary N) is 1. The van der Waals surface area contributed by atoms with E-state index in [1.807, 2.05) is 0 Å². The summed E-state index contributed by atoms with van der Waals surface area (Å²) in [6.45, 7) is 1.13. The van der Waals surface area contributed by atoms with Gasteiger partial charge < -0.3 is 11.1 Å². The summed E-state index contributed by atoms with van der Waals surface area (Å²) < 4.78 is 35.9. The van der Waals surface area contributed by atoms with Crippen LogP contribution in [-0.2, 0) is 0 Å². The van der Waals surface area contributed by atoms with E-state index in [0.717, 1.165) is 6.92 Å². The molecular weight excluding hydrogens is 169 g/mol. The van der Waals surface area contributed by atoms with E-state index in [1.54, 1.807) is 0 Å². The molecule has 1 atom stereocenters. The predicted octanol–water partition coefficient (Wildman–Crippen LogP) is 1.02. The molecule has 0 aromatic carbocycles. The maximum absolute atomic E-state index is 12.0. The lowest BCUT2D eigenvalue weighted by molar-refractivity contribution is -0.154. The second-order valence-electron chi connectivity index (χ2n) is 3.36. The molecule has 0 heterocycles. The Hall–Kier alpha value is -0.290. The predicted molar refractivity (Wildman–Crippen MR) is 39.7 cm³/mol. The number of rotatable bonds is 2. The Labute approximate surface area is 69.3 Å². The van der Waals surface area contributed by atoms with Gasteiger partial charge in [-0.15, -0.1) is 0 Å². The number of alkyl halides is 3. The molecule has 0 bridgehead atoms. The highest BCUT2D eigenvalue weighted by atomic mass is 19.4. The van der Waals surface area contributed by atoms with Gasteiger partial charge in [0.05, 0.1) is 0 Å². The van der Waals surface area contributed by atoms with Crippen LogP contribution in [-0.4, -0.2) is 24.3 Å². The SMILES string of the molecule is CC(NC1CC(N)C1)C(F)(F)F. The van der Waals surface area contributed by atoms with Crippen molar-refractivity contribution in [2.24, 2.45) is 5.73 Å². The van der Waals surface area contributed by atoms with Gasteiger partial charge in [0, 0.05) is 12.1 Å². The molecule has 1 aliphatic rings. The van der Waals surface area contributed by atoms with E-state index in [9.17, 15) is 13.2 Å². The fourth-order valence-electron chi connectivity index (χ4n) is 1.25. The zero-order chi connectivity index (χ0) is 9.35. The molecule has 0 amide bonds. The van der Waals surface area contributed by atoms with E-state index < -0.39 is 12.2 Å². The summed E-state index contributed by atoms with van der Waals surface area (Å²) in [6, 6.07) is -1.38. The average molecular weight is 182 g/mol. The lowest BCUT2D eigenvalue weighted by Gasteiger charge is -2.35. The molecule has 0 radical (unpaired) electrons. The Morgan fingerprint density at radius 3 is 2.25 bits per heavy atom. The van der Waals surface area contributed by atoms with Crippen molar-refractivity contribution in [3.8, 4) is 0 Å². The Morgan fingerprint density at radius 1 is 1.42 bits per heavy atom. The minimum Gasteiger partial charge on any atom is -0.328 e. The first-order valence-corrected chi connectivity index (χ1v) is 3.98. The molecular formula is C7H13F3N2. The average Bonchev–Trinajstić information content (AvgIpc) is 1.82. The Morgan fingerprint density at radius 2 is 1.92 bits per heavy atom. The van der Waals surface area contributed by atoms with E-state index in [0.29, 0.717) is 12.8 Å². The molecule has 0 aliphatic heterocycles. The fourth-order valence-corrected chi connectivity index (χ4v) is 1.25. The first-order chi connectivity index (χ1) is 5.39. The van der Waals surface area contributed by atoms with Crippen molar-refractivity contribution in [1.29, 1.82) is 0 Å². The largest absolute Gasteiger partial charge is 0.403 e. The molecule has 0 aromatic rings. The zero-order valence-corrected chi connectivity index (χ0v) is 6.86. The van der Waals surface area contributed by atoms with Gasteiger partial charge in [-0.05, 0) is 19.8 Å². The molecule has 1 fully saturated rings. The highest BCUT2D eigenvalue weighted by Gasteiger charge is 2.39. The summed E-state index contributed by atoms with van der Waals surface area (Å²) in [7, 11) is 0. The summed E-state index contributed by atoms with van der Waals surface area (Å²) in [5, 5.41) is 2.48. The fraction of sp³-hybridized carbons (Fsp3) is 1.00. The van der Waals surface area contributed by atoms with Crippen LogP contribution in [0.15, 0.2) is 0 Å². The molecule has 1 aliphatic carbocycles. The maximum atomic E-state index is 12.0. The van der Waals surface area contributed by atoms with Crippen LogP contribution in [0, 0.1) is 0 Å². The van der Waals surface area contributed by atoms with Crippen LogP contribution in [0.5, 0.6) is 0 Å². The monoisotopic (exact) mass is 182 g/mol. The summed E-state index contributed by atoms with van der Waals surface area (Å²) in [4.78, 5) is 0. The third kappa shape index (κ3) is 2.35. The number of halogens is 3. The zero-order valence-electron chi connectivity index (χ0n) is 6.86. The third-order valence-electron chi connectivity index (χ3n) is 2.15. The normalized spacial score (nSPS) is 32.8. The third-order valence-corrected chi connectivity index (χ3v) is 2.15. The van der Waals surface area contributed by atoms with Crippen molar-refractivity contribution in [2.75, 3.05) is 0 Å². The summed E-state index contributed by atoms with van der Waals surface area (Å²) in [5.41, 5.74) is 5.43. The van der Waals surface area contributed by atoms with Gasteiger partial charge in [0.15, 0.2) is 0 Å². The maximum Gasteiger partial charge on any atom is 0.403 e. The summed E-state index contributed by atoms with van der Waals surface area (Å²) in [6.07, 6.45) is -2.83. The molecule has 3 N–H and O–H groups in total. The lowest BCUT2D eigenvalue weighted by Crippen LogP contribution is -2.54. The van der Waals surface area contributed by atoms with Gasteiger partial charge >= 0.3 is 6.18 Å². The molecule has 1 rings (SSSR count). The van der Waals surface area contributed by atoms with Crippen molar-refractivity contribution < 1.29 is 13.2 Å². The first-order valence-electron chi connectivity index (χ1n) is 3.98. The molecule has 1 saturated carbocycles. The van der Waals surface area contributed by atoms with Gasteiger partial charge in [0.1, 0.15) is 6.04 Å². The number of nitrogens with one attached hydrogen (secondary N) is 1. The molecule has 72 valence electrons. The Bertz CT molecular complexity index is 151. The van der Waals surface area contributed by atoms with Crippen LogP contribution in [0.3, 0.4) is 0 Å². The van der Waals surface area contributed by atoms with Gasteiger partial charge in [0.2, 0.25) is 0 Å². The van der Waals surface area contributed by atoms with Crippen molar-refractivity contribution in [3.63, 3.8) is 0 Å². The van der Waals surface area contributed by atoms with Crippen LogP contribution in [0.25, 0.3) is 0 Å². The minimum absolute atomic E-state index is 0.0448. The Balaban J connectivity index is 2.23. The molecule has 12 heavy (non-hydrogen) atoms. The highest BCUT2D eigenvalue weighted by Crippen LogP contribution is 2.24. The van der Waals surface area contributed by atoms with Crippen LogP contribution in [0.2, 0.25) is 0 Å². The second kappa shape index (κ2) is 3.22. The van der Waals surface area contributed by atoms with E-state index in [-0.39, 0.29) is 12.1 Å². The van der Waals surface area contributed by atoms with Gasteiger partial charge in [0.25, 0.3) is 0 Å². The van der Waals surface area contributed by atoms with E-state index in [4.69, 9.17) is 5.73 Å². The van der Waals surface area contributed by atoms with Gasteiger partial charge in [-0.1, -0.05) is 0 Å². The van der Waals surface area contributed by atoms with Crippen molar-refractivity contribution in [1.82, 2.24) is 5.32 Å². The lowest BCUT2D eigenvalue weighted by atomic mass is 9.87. The minimum atomic E-state index is -4.14. The van der Waals surface area contributed by atoms with Gasteiger partial charge in [-0.25, -0.2) is 0 Å². The molecule has 0 spiro atoms. The van der Waals surface area contributed by atoms with Crippen molar-refractivity contribution >= 4 is 0 Å². The van der Waals surface area contributed by atoms with Crippen LogP contribution in [0.1, 0.15) is 19.8 Å². The summed E-state index contributed by atoms with van der Waals surface area (Å²) in [5.74, 6) is 0. The van der Waals surface area contributed by atoms with E-state index in [2.05, 4.69) is 5.32 Å². The molecule has 0 saturated heterocycles. The smallest absolute Gasteiger partial charge is 0.328 e. The number of hydrogen-bond acceptors (Lipinski definition) is 2. The van der Waals surface area contributed by atoms with E-state index >= 15 is 0 Å². The molecule has 0 aromatic heterocycles. The summed E-state index contributed by atoms with van der Waals surface area (Å²) >= 11 is 0. The highest BCUT2D eigenvalue weighted by molar-refractivity contribution is 4.90. The van der Waals surface area contributed by atoms with E-state index in [1.165, 1.54) is 0 Å². The quantitative estimate of drug-likeness (QED) is 0.669. The number of hydrogen-bond donors (Lipinski definition) is 2. The topological polar surface area (TPSA) is 38.0 Å². The van der Waals surface area contributed by atoms with Crippen LogP contribution >= 0.6 is 0 Å². The van der Waals surface area contributed by atoms with Crippen LogP contribution in [0.4, 0.5) is 13.2 Å². The second-order valence-corrected chi connectivity index (χ2v) is 3.36.